The number of piperazine rings is 2. The Bertz CT molecular complexity index is 856. The van der Waals surface area contributed by atoms with Crippen molar-refractivity contribution in [3.8, 4) is 0 Å². The number of pyridine rings is 1. The maximum Gasteiger partial charge on any atom is 0.255 e. The molecule has 0 unspecified atom stereocenters. The van der Waals surface area contributed by atoms with Crippen molar-refractivity contribution >= 4 is 17.7 Å². The van der Waals surface area contributed by atoms with Crippen molar-refractivity contribution < 1.29 is 14.4 Å². The zero-order valence-corrected chi connectivity index (χ0v) is 14.7. The van der Waals surface area contributed by atoms with E-state index in [1.165, 1.54) is 6.20 Å². The van der Waals surface area contributed by atoms with Gasteiger partial charge in [-0.15, -0.1) is 0 Å². The average molecular weight is 364 g/mol. The predicted molar refractivity (Wildman–Crippen MR) is 97.7 cm³/mol. The fourth-order valence-corrected chi connectivity index (χ4v) is 3.65. The van der Waals surface area contributed by atoms with Gasteiger partial charge in [0.2, 0.25) is 11.8 Å². The first kappa shape index (κ1) is 17.2. The topological polar surface area (TPSA) is 82.6 Å². The molecule has 3 amide bonds. The summed E-state index contributed by atoms with van der Waals surface area (Å²) < 4.78 is 0. The minimum atomic E-state index is -0.640. The number of hydrogen-bond acceptors (Lipinski definition) is 4. The van der Waals surface area contributed by atoms with Crippen LogP contribution >= 0.6 is 0 Å². The van der Waals surface area contributed by atoms with Crippen LogP contribution in [-0.4, -0.2) is 64.2 Å². The number of nitrogens with one attached hydrogen (secondary N) is 1. The summed E-state index contributed by atoms with van der Waals surface area (Å²) >= 11 is 0. The van der Waals surface area contributed by atoms with E-state index in [1.54, 1.807) is 28.1 Å². The molecule has 27 heavy (non-hydrogen) atoms. The highest BCUT2D eigenvalue weighted by molar-refractivity contribution is 5.99. The molecule has 0 bridgehead atoms. The maximum atomic E-state index is 12.9. The Morgan fingerprint density at radius 1 is 1.11 bits per heavy atom. The van der Waals surface area contributed by atoms with Crippen molar-refractivity contribution in [3.63, 3.8) is 0 Å². The van der Waals surface area contributed by atoms with Crippen LogP contribution in [0.4, 0.5) is 0 Å². The maximum absolute atomic E-state index is 12.9. The number of hydrogen-bond donors (Lipinski definition) is 1. The highest BCUT2D eigenvalue weighted by Crippen LogP contribution is 2.19. The Labute approximate surface area is 157 Å². The molecule has 1 aromatic carbocycles. The molecule has 1 N–H and O–H groups in total. The van der Waals surface area contributed by atoms with E-state index in [9.17, 15) is 14.4 Å². The van der Waals surface area contributed by atoms with Gasteiger partial charge < -0.3 is 15.1 Å². The van der Waals surface area contributed by atoms with Gasteiger partial charge in [-0.1, -0.05) is 30.3 Å². The van der Waals surface area contributed by atoms with Gasteiger partial charge in [0.1, 0.15) is 12.1 Å². The van der Waals surface area contributed by atoms with E-state index in [0.29, 0.717) is 25.1 Å². The zero-order valence-electron chi connectivity index (χ0n) is 14.7. The second-order valence-corrected chi connectivity index (χ2v) is 6.79. The lowest BCUT2D eigenvalue weighted by Gasteiger charge is -2.45. The van der Waals surface area contributed by atoms with Gasteiger partial charge in [-0.05, 0) is 17.7 Å². The number of rotatable bonds is 3. The van der Waals surface area contributed by atoms with Crippen molar-refractivity contribution in [2.75, 3.05) is 19.6 Å². The molecular weight excluding hydrogens is 344 g/mol. The standard InChI is InChI=1S/C20H20N4O3/c25-18-17-13-23(19(26)15-7-4-8-21-12-15)9-10-24(17)20(27)16(22-18)11-14-5-2-1-3-6-14/h1-8,12,16-17H,9-11,13H2,(H,22,25)/t16-,17+/m1/s1. The second-order valence-electron chi connectivity index (χ2n) is 6.79. The van der Waals surface area contributed by atoms with Crippen LogP contribution in [0.3, 0.4) is 0 Å². The van der Waals surface area contributed by atoms with Gasteiger partial charge in [0, 0.05) is 31.9 Å². The molecule has 0 saturated carbocycles. The number of carbonyl (C=O) groups is 3. The minimum absolute atomic E-state index is 0.0862. The number of nitrogens with zero attached hydrogens (tertiary/aromatic N) is 3. The zero-order chi connectivity index (χ0) is 18.8. The molecule has 0 aliphatic carbocycles. The molecule has 4 rings (SSSR count). The van der Waals surface area contributed by atoms with Gasteiger partial charge in [-0.3, -0.25) is 19.4 Å². The van der Waals surface area contributed by atoms with E-state index in [2.05, 4.69) is 10.3 Å². The first-order valence-electron chi connectivity index (χ1n) is 8.97. The fourth-order valence-electron chi connectivity index (χ4n) is 3.65. The van der Waals surface area contributed by atoms with Crippen molar-refractivity contribution in [1.82, 2.24) is 20.1 Å². The smallest absolute Gasteiger partial charge is 0.255 e. The lowest BCUT2D eigenvalue weighted by atomic mass is 9.98. The van der Waals surface area contributed by atoms with E-state index >= 15 is 0 Å². The van der Waals surface area contributed by atoms with Crippen molar-refractivity contribution in [2.24, 2.45) is 0 Å². The molecule has 2 atom stereocenters. The van der Waals surface area contributed by atoms with E-state index in [0.717, 1.165) is 5.56 Å². The summed E-state index contributed by atoms with van der Waals surface area (Å²) in [6.45, 7) is 0.957. The molecular formula is C20H20N4O3. The molecule has 0 radical (unpaired) electrons. The summed E-state index contributed by atoms with van der Waals surface area (Å²) in [5, 5.41) is 2.83. The molecule has 0 spiro atoms. The van der Waals surface area contributed by atoms with E-state index < -0.39 is 12.1 Å². The Morgan fingerprint density at radius 3 is 2.67 bits per heavy atom. The van der Waals surface area contributed by atoms with Crippen LogP contribution < -0.4 is 5.32 Å². The normalized spacial score (nSPS) is 22.2. The lowest BCUT2D eigenvalue weighted by Crippen LogP contribution is -2.70. The Hall–Kier alpha value is -3.22. The molecule has 7 nitrogen and oxygen atoms in total. The predicted octanol–water partition coefficient (Wildman–Crippen LogP) is 0.476. The van der Waals surface area contributed by atoms with Gasteiger partial charge in [-0.25, -0.2) is 0 Å². The van der Waals surface area contributed by atoms with E-state index in [-0.39, 0.29) is 24.3 Å². The highest BCUT2D eigenvalue weighted by Gasteiger charge is 2.44. The Morgan fingerprint density at radius 2 is 1.93 bits per heavy atom. The average Bonchev–Trinajstić information content (AvgIpc) is 2.72. The van der Waals surface area contributed by atoms with Gasteiger partial charge in [0.15, 0.2) is 0 Å². The van der Waals surface area contributed by atoms with Crippen LogP contribution in [-0.2, 0) is 16.0 Å². The van der Waals surface area contributed by atoms with Crippen LogP contribution in [0.1, 0.15) is 15.9 Å². The number of amides is 3. The van der Waals surface area contributed by atoms with Crippen LogP contribution in [0.5, 0.6) is 0 Å². The third-order valence-corrected chi connectivity index (χ3v) is 5.06. The lowest BCUT2D eigenvalue weighted by molar-refractivity contribution is -0.152. The highest BCUT2D eigenvalue weighted by atomic mass is 16.2. The fraction of sp³-hybridized carbons (Fsp3) is 0.300. The summed E-state index contributed by atoms with van der Waals surface area (Å²) in [6, 6.07) is 11.8. The third-order valence-electron chi connectivity index (χ3n) is 5.06. The largest absolute Gasteiger partial charge is 0.342 e. The third kappa shape index (κ3) is 3.40. The Balaban J connectivity index is 1.46. The first-order valence-corrected chi connectivity index (χ1v) is 8.97. The second kappa shape index (κ2) is 7.19. The minimum Gasteiger partial charge on any atom is -0.342 e. The molecule has 2 aliphatic heterocycles. The van der Waals surface area contributed by atoms with Crippen LogP contribution in [0.25, 0.3) is 0 Å². The van der Waals surface area contributed by atoms with Crippen molar-refractivity contribution in [3.05, 3.63) is 66.0 Å². The van der Waals surface area contributed by atoms with Crippen molar-refractivity contribution in [2.45, 2.75) is 18.5 Å². The number of aromatic nitrogens is 1. The molecule has 2 aromatic rings. The number of fused-ring (bicyclic) bond motifs is 1. The summed E-state index contributed by atoms with van der Waals surface area (Å²) in [5.74, 6) is -0.467. The van der Waals surface area contributed by atoms with Crippen LogP contribution in [0.15, 0.2) is 54.9 Å². The molecule has 138 valence electrons. The quantitative estimate of drug-likeness (QED) is 0.859. The Kier molecular flexibility index (Phi) is 4.58. The summed E-state index contributed by atoms with van der Waals surface area (Å²) in [7, 11) is 0. The van der Waals surface area contributed by atoms with Gasteiger partial charge in [0.05, 0.1) is 12.1 Å². The van der Waals surface area contributed by atoms with Gasteiger partial charge >= 0.3 is 0 Å². The van der Waals surface area contributed by atoms with Gasteiger partial charge in [-0.2, -0.15) is 0 Å². The molecule has 2 fully saturated rings. The molecule has 2 aliphatic rings. The molecule has 7 heteroatoms. The summed E-state index contributed by atoms with van der Waals surface area (Å²) in [5.41, 5.74) is 1.48. The van der Waals surface area contributed by atoms with Gasteiger partial charge in [0.25, 0.3) is 5.91 Å². The van der Waals surface area contributed by atoms with E-state index in [4.69, 9.17) is 0 Å². The molecule has 1 aromatic heterocycles. The van der Waals surface area contributed by atoms with E-state index in [1.807, 2.05) is 30.3 Å². The summed E-state index contributed by atoms with van der Waals surface area (Å²) in [4.78, 5) is 45.3. The number of benzene rings is 1. The molecule has 2 saturated heterocycles. The van der Waals surface area contributed by atoms with Crippen LogP contribution in [0.2, 0.25) is 0 Å². The number of carbonyl (C=O) groups excluding carboxylic acids is 3. The SMILES string of the molecule is O=C1N[C@H](Cc2ccccc2)C(=O)N2CCN(C(=O)c3cccnc3)C[C@@H]12. The van der Waals surface area contributed by atoms with Crippen molar-refractivity contribution in [1.29, 1.82) is 0 Å². The molecule has 3 heterocycles. The monoisotopic (exact) mass is 364 g/mol. The summed E-state index contributed by atoms with van der Waals surface area (Å²) in [6.07, 6.45) is 3.58. The first-order chi connectivity index (χ1) is 13.1. The van der Waals surface area contributed by atoms with Crippen LogP contribution in [0, 0.1) is 0 Å².